The molecule has 0 bridgehead atoms. The van der Waals surface area contributed by atoms with Gasteiger partial charge in [0, 0.05) is 0 Å². The molecule has 143 valence electrons. The fourth-order valence-electron chi connectivity index (χ4n) is 2.65. The van der Waals surface area contributed by atoms with E-state index in [1.165, 1.54) is 32.1 Å². The Hall–Kier alpha value is -1.65. The molecule has 0 aliphatic heterocycles. The van der Waals surface area contributed by atoms with Gasteiger partial charge in [0.2, 0.25) is 0 Å². The number of rotatable bonds is 14. The highest BCUT2D eigenvalue weighted by atomic mass is 28.3. The van der Waals surface area contributed by atoms with Crippen LogP contribution in [0.5, 0.6) is 0 Å². The molecule has 0 saturated carbocycles. The Morgan fingerprint density at radius 1 is 0.962 bits per heavy atom. The van der Waals surface area contributed by atoms with Gasteiger partial charge in [-0.1, -0.05) is 87.1 Å². The predicted octanol–water partition coefficient (Wildman–Crippen LogP) is 5.47. The molecule has 0 spiro atoms. The largest absolute Gasteiger partial charge is 0.373 e. The van der Waals surface area contributed by atoms with E-state index in [1.54, 1.807) is 12.1 Å². The van der Waals surface area contributed by atoms with Gasteiger partial charge in [-0.25, -0.2) is 4.79 Å². The Morgan fingerprint density at radius 3 is 2.04 bits per heavy atom. The quantitative estimate of drug-likeness (QED) is 0.188. The molecule has 0 unspecified atom stereocenters. The number of carbonyl (C=O) groups excluding carboxylic acids is 1. The van der Waals surface area contributed by atoms with E-state index >= 15 is 0 Å². The zero-order valence-electron chi connectivity index (χ0n) is 16.2. The minimum Gasteiger partial charge on any atom is -0.293 e. The van der Waals surface area contributed by atoms with Crippen LogP contribution in [-0.4, -0.2) is 20.7 Å². The molecule has 1 radical (unpaired) electrons. The molecular formula is C22H33O3Si. The minimum atomic E-state index is -1.84. The van der Waals surface area contributed by atoms with Crippen LogP contribution in [-0.2, 0) is 9.78 Å². The Bertz CT molecular complexity index is 543. The summed E-state index contributed by atoms with van der Waals surface area (Å²) in [5.41, 5.74) is 4.43. The van der Waals surface area contributed by atoms with Crippen molar-refractivity contribution in [1.29, 1.82) is 0 Å². The fraction of sp³-hybridized carbons (Fsp3) is 0.455. The second-order valence-corrected chi connectivity index (χ2v) is 10.7. The van der Waals surface area contributed by atoms with Crippen LogP contribution in [0, 0.1) is 6.92 Å². The van der Waals surface area contributed by atoms with Gasteiger partial charge in [-0.05, 0) is 18.6 Å². The lowest BCUT2D eigenvalue weighted by Gasteiger charge is -2.19. The molecule has 0 N–H and O–H groups in total. The summed E-state index contributed by atoms with van der Waals surface area (Å²) in [7, 11) is -1.84. The van der Waals surface area contributed by atoms with Crippen molar-refractivity contribution in [3.63, 3.8) is 0 Å². The molecule has 0 aliphatic carbocycles. The second-order valence-electron chi connectivity index (χ2n) is 6.79. The second kappa shape index (κ2) is 12.7. The van der Waals surface area contributed by atoms with Crippen molar-refractivity contribution in [2.45, 2.75) is 57.9 Å². The maximum Gasteiger partial charge on any atom is 0.373 e. The molecule has 0 heterocycles. The lowest BCUT2D eigenvalue weighted by atomic mass is 10.1. The molecular weight excluding hydrogens is 340 g/mol. The van der Waals surface area contributed by atoms with Crippen molar-refractivity contribution in [1.82, 2.24) is 0 Å². The lowest BCUT2D eigenvalue weighted by Crippen LogP contribution is -2.40. The summed E-state index contributed by atoms with van der Waals surface area (Å²) in [6.07, 6.45) is 9.27. The van der Waals surface area contributed by atoms with Crippen LogP contribution in [0.25, 0.3) is 0 Å². The SMILES string of the molecule is [CH2]CCCCCCCCCOOC(=O)c1ccc([Si](C)(C=C)C=C)cc1. The number of hydrogen-bond acceptors (Lipinski definition) is 3. The van der Waals surface area contributed by atoms with Crippen molar-refractivity contribution in [2.75, 3.05) is 6.61 Å². The van der Waals surface area contributed by atoms with Crippen LogP contribution in [0.1, 0.15) is 61.7 Å². The monoisotopic (exact) mass is 373 g/mol. The Kier molecular flexibility index (Phi) is 10.9. The number of hydrogen-bond donors (Lipinski definition) is 0. The Balaban J connectivity index is 2.23. The first-order valence-corrected chi connectivity index (χ1v) is 12.2. The molecule has 0 amide bonds. The molecule has 1 aromatic rings. The molecule has 0 aliphatic rings. The summed E-state index contributed by atoms with van der Waals surface area (Å²) in [6, 6.07) is 7.43. The highest BCUT2D eigenvalue weighted by molar-refractivity contribution is 6.98. The van der Waals surface area contributed by atoms with Crippen LogP contribution in [0.3, 0.4) is 0 Å². The van der Waals surface area contributed by atoms with Crippen molar-refractivity contribution in [2.24, 2.45) is 0 Å². The Morgan fingerprint density at radius 2 is 1.50 bits per heavy atom. The smallest absolute Gasteiger partial charge is 0.293 e. The number of unbranched alkanes of at least 4 members (excludes halogenated alkanes) is 7. The lowest BCUT2D eigenvalue weighted by molar-refractivity contribution is -0.241. The molecule has 1 rings (SSSR count). The average Bonchev–Trinajstić information content (AvgIpc) is 2.68. The Labute approximate surface area is 160 Å². The number of carbonyl (C=O) groups is 1. The van der Waals surface area contributed by atoms with Crippen LogP contribution in [0.15, 0.2) is 48.8 Å². The van der Waals surface area contributed by atoms with Gasteiger partial charge in [0.05, 0.1) is 12.2 Å². The minimum absolute atomic E-state index is 0.445. The van der Waals surface area contributed by atoms with Gasteiger partial charge in [-0.2, -0.15) is 4.89 Å². The van der Waals surface area contributed by atoms with Gasteiger partial charge >= 0.3 is 5.97 Å². The maximum absolute atomic E-state index is 12.0. The summed E-state index contributed by atoms with van der Waals surface area (Å²) in [5, 5.41) is 1.16. The van der Waals surface area contributed by atoms with Gasteiger partial charge < -0.3 is 0 Å². The summed E-state index contributed by atoms with van der Waals surface area (Å²) < 4.78 is 0. The van der Waals surface area contributed by atoms with E-state index in [1.807, 2.05) is 23.5 Å². The maximum atomic E-state index is 12.0. The van der Waals surface area contributed by atoms with Crippen LogP contribution in [0.4, 0.5) is 0 Å². The molecule has 1 aromatic carbocycles. The van der Waals surface area contributed by atoms with E-state index in [-0.39, 0.29) is 0 Å². The van der Waals surface area contributed by atoms with E-state index < -0.39 is 14.0 Å². The highest BCUT2D eigenvalue weighted by Gasteiger charge is 2.22. The van der Waals surface area contributed by atoms with E-state index in [4.69, 9.17) is 9.78 Å². The third-order valence-electron chi connectivity index (χ3n) is 4.70. The third kappa shape index (κ3) is 7.71. The first-order chi connectivity index (χ1) is 12.6. The first-order valence-electron chi connectivity index (χ1n) is 9.58. The van der Waals surface area contributed by atoms with Crippen LogP contribution < -0.4 is 5.19 Å². The normalized spacial score (nSPS) is 11.2. The number of benzene rings is 1. The van der Waals surface area contributed by atoms with Crippen molar-refractivity contribution in [3.05, 3.63) is 61.3 Å². The van der Waals surface area contributed by atoms with E-state index in [2.05, 4.69) is 26.6 Å². The summed E-state index contributed by atoms with van der Waals surface area (Å²) in [4.78, 5) is 21.9. The van der Waals surface area contributed by atoms with Crippen molar-refractivity contribution in [3.8, 4) is 0 Å². The predicted molar refractivity (Wildman–Crippen MR) is 112 cm³/mol. The molecule has 0 fully saturated rings. The molecule has 0 atom stereocenters. The van der Waals surface area contributed by atoms with E-state index in [0.717, 1.165) is 24.4 Å². The van der Waals surface area contributed by atoms with Crippen molar-refractivity contribution < 1.29 is 14.6 Å². The van der Waals surface area contributed by atoms with Gasteiger partial charge in [0.1, 0.15) is 8.07 Å². The molecule has 0 aromatic heterocycles. The highest BCUT2D eigenvalue weighted by Crippen LogP contribution is 2.10. The third-order valence-corrected chi connectivity index (χ3v) is 7.98. The summed E-state index contributed by atoms with van der Waals surface area (Å²) >= 11 is 0. The van der Waals surface area contributed by atoms with Gasteiger partial charge in [-0.3, -0.25) is 4.89 Å². The summed E-state index contributed by atoms with van der Waals surface area (Å²) in [5.74, 6) is -0.453. The van der Waals surface area contributed by atoms with Crippen LogP contribution in [0.2, 0.25) is 6.55 Å². The average molecular weight is 374 g/mol. The van der Waals surface area contributed by atoms with Gasteiger partial charge in [0.15, 0.2) is 0 Å². The van der Waals surface area contributed by atoms with E-state index in [9.17, 15) is 4.79 Å². The molecule has 4 heteroatoms. The summed E-state index contributed by atoms with van der Waals surface area (Å²) in [6.45, 7) is 14.3. The zero-order chi connectivity index (χ0) is 19.3. The molecule has 26 heavy (non-hydrogen) atoms. The standard InChI is InChI=1S/C22H33O3Si/c1-5-8-9-10-11-12-13-14-19-24-25-22(23)20-15-17-21(18-16-20)26(4,6-2)7-3/h6-7,15-18H,1-3,5,8-14,19H2,4H3. The fourth-order valence-corrected chi connectivity index (χ4v) is 4.17. The van der Waals surface area contributed by atoms with E-state index in [0.29, 0.717) is 12.2 Å². The van der Waals surface area contributed by atoms with Crippen molar-refractivity contribution >= 4 is 19.2 Å². The first kappa shape index (κ1) is 22.4. The van der Waals surface area contributed by atoms with Crippen LogP contribution >= 0.6 is 0 Å². The van der Waals surface area contributed by atoms with Gasteiger partial charge in [-0.15, -0.1) is 13.2 Å². The zero-order valence-corrected chi connectivity index (χ0v) is 17.2. The topological polar surface area (TPSA) is 35.5 Å². The van der Waals surface area contributed by atoms with Gasteiger partial charge in [0.25, 0.3) is 0 Å². The molecule has 3 nitrogen and oxygen atoms in total. The molecule has 0 saturated heterocycles.